The smallest absolute Gasteiger partial charge is 0.258 e. The minimum atomic E-state index is -3.56. The standard InChI is InChI=1S/C4H6N4O8/c1-3(5(9)10,6(11)12)4(2,7(13)14)8(15)16/h1-2H3. The van der Waals surface area contributed by atoms with Crippen molar-refractivity contribution in [2.24, 2.45) is 0 Å². The van der Waals surface area contributed by atoms with Crippen LogP contribution in [-0.2, 0) is 0 Å². The Bertz CT molecular complexity index is 312. The first-order valence-electron chi connectivity index (χ1n) is 3.61. The molecule has 0 saturated carbocycles. The number of nitrogens with zero attached hydrogens (tertiary/aromatic N) is 4. The van der Waals surface area contributed by atoms with Gasteiger partial charge in [0.1, 0.15) is 19.7 Å². The van der Waals surface area contributed by atoms with E-state index in [2.05, 4.69) is 0 Å². The summed E-state index contributed by atoms with van der Waals surface area (Å²) < 4.78 is 0. The lowest BCUT2D eigenvalue weighted by atomic mass is 9.99. The summed E-state index contributed by atoms with van der Waals surface area (Å²) in [5, 5.41) is 41.9. The van der Waals surface area contributed by atoms with Crippen LogP contribution in [0.1, 0.15) is 13.8 Å². The highest BCUT2D eigenvalue weighted by atomic mass is 16.7. The normalized spacial score (nSPS) is 11.9. The van der Waals surface area contributed by atoms with E-state index in [0.29, 0.717) is 0 Å². The van der Waals surface area contributed by atoms with E-state index >= 15 is 0 Å². The second kappa shape index (κ2) is 3.63. The Morgan fingerprint density at radius 3 is 0.812 bits per heavy atom. The van der Waals surface area contributed by atoms with Crippen molar-refractivity contribution in [3.63, 3.8) is 0 Å². The molecule has 90 valence electrons. The molecule has 0 saturated heterocycles. The summed E-state index contributed by atoms with van der Waals surface area (Å²) in [6, 6.07) is 0. The van der Waals surface area contributed by atoms with Gasteiger partial charge in [0.05, 0.1) is 13.8 Å². The minimum absolute atomic E-state index is 0.221. The van der Waals surface area contributed by atoms with Crippen LogP contribution in [0.15, 0.2) is 0 Å². The van der Waals surface area contributed by atoms with Crippen LogP contribution in [0.3, 0.4) is 0 Å². The van der Waals surface area contributed by atoms with Crippen LogP contribution >= 0.6 is 0 Å². The van der Waals surface area contributed by atoms with Crippen LogP contribution in [0.4, 0.5) is 0 Å². The lowest BCUT2D eigenvalue weighted by Crippen LogP contribution is -2.68. The topological polar surface area (TPSA) is 173 Å². The van der Waals surface area contributed by atoms with Gasteiger partial charge >= 0.3 is 11.3 Å². The zero-order chi connectivity index (χ0) is 13.3. The summed E-state index contributed by atoms with van der Waals surface area (Å²) in [6.45, 7) is 0.442. The largest absolute Gasteiger partial charge is 0.590 e. The van der Waals surface area contributed by atoms with Gasteiger partial charge in [0, 0.05) is 0 Å². The Hall–Kier alpha value is -2.40. The van der Waals surface area contributed by atoms with E-state index in [-0.39, 0.29) is 13.8 Å². The highest BCUT2D eigenvalue weighted by Crippen LogP contribution is 2.29. The van der Waals surface area contributed by atoms with Gasteiger partial charge in [-0.25, -0.2) is 0 Å². The molecule has 0 aliphatic carbocycles. The number of hydrogen-bond donors (Lipinski definition) is 0. The monoisotopic (exact) mass is 238 g/mol. The molecule has 0 aromatic carbocycles. The number of nitro groups is 4. The van der Waals surface area contributed by atoms with Crippen molar-refractivity contribution in [1.29, 1.82) is 0 Å². The van der Waals surface area contributed by atoms with Gasteiger partial charge in [0.25, 0.3) is 0 Å². The highest BCUT2D eigenvalue weighted by molar-refractivity contribution is 4.77. The van der Waals surface area contributed by atoms with E-state index in [1.165, 1.54) is 0 Å². The second-order valence-electron chi connectivity index (χ2n) is 3.07. The molecule has 0 heterocycles. The highest BCUT2D eigenvalue weighted by Gasteiger charge is 2.85. The molecule has 0 N–H and O–H groups in total. The Labute approximate surface area is 86.4 Å². The van der Waals surface area contributed by atoms with Crippen LogP contribution in [0, 0.1) is 40.5 Å². The molecule has 0 aromatic heterocycles. The molecule has 0 aliphatic rings. The van der Waals surface area contributed by atoms with Crippen LogP contribution < -0.4 is 0 Å². The zero-order valence-electron chi connectivity index (χ0n) is 8.05. The van der Waals surface area contributed by atoms with E-state index in [0.717, 1.165) is 0 Å². The Morgan fingerprint density at radius 2 is 0.750 bits per heavy atom. The summed E-state index contributed by atoms with van der Waals surface area (Å²) in [5.41, 5.74) is -7.11. The molecule has 0 amide bonds. The molecular formula is C4H6N4O8. The van der Waals surface area contributed by atoms with Crippen molar-refractivity contribution in [3.05, 3.63) is 40.5 Å². The molecular weight excluding hydrogens is 232 g/mol. The Balaban J connectivity index is 6.05. The van der Waals surface area contributed by atoms with Crippen LogP contribution in [-0.4, -0.2) is 31.0 Å². The first kappa shape index (κ1) is 13.6. The summed E-state index contributed by atoms with van der Waals surface area (Å²) in [4.78, 5) is 35.3. The maximum absolute atomic E-state index is 10.5. The van der Waals surface area contributed by atoms with Crippen molar-refractivity contribution < 1.29 is 19.7 Å². The molecule has 16 heavy (non-hydrogen) atoms. The average Bonchev–Trinajstić information content (AvgIpc) is 2.13. The first-order chi connectivity index (χ1) is 7.02. The fourth-order valence-corrected chi connectivity index (χ4v) is 0.825. The van der Waals surface area contributed by atoms with Crippen LogP contribution in [0.25, 0.3) is 0 Å². The molecule has 12 nitrogen and oxygen atoms in total. The van der Waals surface area contributed by atoms with Crippen molar-refractivity contribution in [3.8, 4) is 0 Å². The fourth-order valence-electron chi connectivity index (χ4n) is 0.825. The molecule has 0 atom stereocenters. The van der Waals surface area contributed by atoms with Crippen LogP contribution in [0.2, 0.25) is 0 Å². The predicted molar refractivity (Wildman–Crippen MR) is 44.8 cm³/mol. The minimum Gasteiger partial charge on any atom is -0.258 e. The summed E-state index contributed by atoms with van der Waals surface area (Å²) >= 11 is 0. The third-order valence-electron chi connectivity index (χ3n) is 2.32. The Kier molecular flexibility index (Phi) is 3.09. The first-order valence-corrected chi connectivity index (χ1v) is 3.61. The third-order valence-corrected chi connectivity index (χ3v) is 2.32. The van der Waals surface area contributed by atoms with Crippen molar-refractivity contribution in [2.45, 2.75) is 25.2 Å². The van der Waals surface area contributed by atoms with Gasteiger partial charge in [0.15, 0.2) is 0 Å². The zero-order valence-corrected chi connectivity index (χ0v) is 8.05. The van der Waals surface area contributed by atoms with Crippen molar-refractivity contribution in [2.75, 3.05) is 0 Å². The lowest BCUT2D eigenvalue weighted by Gasteiger charge is -2.17. The van der Waals surface area contributed by atoms with E-state index in [1.54, 1.807) is 0 Å². The van der Waals surface area contributed by atoms with E-state index in [1.807, 2.05) is 0 Å². The van der Waals surface area contributed by atoms with Crippen molar-refractivity contribution >= 4 is 0 Å². The number of rotatable bonds is 5. The van der Waals surface area contributed by atoms with E-state index in [9.17, 15) is 40.5 Å². The quantitative estimate of drug-likeness (QED) is 0.350. The maximum atomic E-state index is 10.5. The van der Waals surface area contributed by atoms with Gasteiger partial charge in [-0.3, -0.25) is 40.5 Å². The second-order valence-corrected chi connectivity index (χ2v) is 3.07. The lowest BCUT2D eigenvalue weighted by molar-refractivity contribution is -0.931. The van der Waals surface area contributed by atoms with Gasteiger partial charge in [-0.05, 0) is 0 Å². The molecule has 0 aromatic rings. The fraction of sp³-hybridized carbons (Fsp3) is 1.00. The molecule has 0 rings (SSSR count). The molecule has 0 unspecified atom stereocenters. The molecule has 0 spiro atoms. The summed E-state index contributed by atoms with van der Waals surface area (Å²) in [7, 11) is 0. The van der Waals surface area contributed by atoms with Crippen molar-refractivity contribution in [1.82, 2.24) is 0 Å². The van der Waals surface area contributed by atoms with E-state index in [4.69, 9.17) is 0 Å². The SMILES string of the molecule is CC([N+](=O)[O-])([N+](=O)[O-])C(C)([N+](=O)[O-])[N+](=O)[O-]. The molecule has 0 radical (unpaired) electrons. The predicted octanol–water partition coefficient (Wildman–Crippen LogP) is -0.474. The molecule has 0 aliphatic heterocycles. The van der Waals surface area contributed by atoms with Gasteiger partial charge in [0.2, 0.25) is 0 Å². The van der Waals surface area contributed by atoms with Gasteiger partial charge in [-0.2, -0.15) is 0 Å². The van der Waals surface area contributed by atoms with Gasteiger partial charge < -0.3 is 0 Å². The summed E-state index contributed by atoms with van der Waals surface area (Å²) in [5.74, 6) is 0. The van der Waals surface area contributed by atoms with Gasteiger partial charge in [-0.1, -0.05) is 0 Å². The van der Waals surface area contributed by atoms with E-state index < -0.39 is 31.0 Å². The maximum Gasteiger partial charge on any atom is 0.590 e. The van der Waals surface area contributed by atoms with Gasteiger partial charge in [-0.15, -0.1) is 0 Å². The number of hydrogen-bond acceptors (Lipinski definition) is 8. The average molecular weight is 238 g/mol. The summed E-state index contributed by atoms with van der Waals surface area (Å²) in [6.07, 6.45) is 0. The molecule has 12 heteroatoms. The Morgan fingerprint density at radius 1 is 0.625 bits per heavy atom. The van der Waals surface area contributed by atoms with Crippen LogP contribution in [0.5, 0.6) is 0 Å². The third kappa shape index (κ3) is 1.39. The molecule has 0 bridgehead atoms. The molecule has 0 fully saturated rings.